The normalized spacial score (nSPS) is 11.2. The number of aromatic amines is 1. The summed E-state index contributed by atoms with van der Waals surface area (Å²) in [5.41, 5.74) is 4.73. The summed E-state index contributed by atoms with van der Waals surface area (Å²) in [6.45, 7) is -0.0442. The summed E-state index contributed by atoms with van der Waals surface area (Å²) in [7, 11) is 0. The lowest BCUT2D eigenvalue weighted by molar-refractivity contribution is 0.102. The van der Waals surface area contributed by atoms with Crippen molar-refractivity contribution in [1.29, 1.82) is 0 Å². The number of carbonyl (C=O) groups excluding carboxylic acids is 1. The van der Waals surface area contributed by atoms with Crippen molar-refractivity contribution in [2.24, 2.45) is 0 Å². The van der Waals surface area contributed by atoms with E-state index in [0.717, 1.165) is 33.4 Å². The number of fused-ring (bicyclic) bond motifs is 1. The van der Waals surface area contributed by atoms with Gasteiger partial charge in [-0.3, -0.25) is 9.89 Å². The van der Waals surface area contributed by atoms with Gasteiger partial charge in [-0.2, -0.15) is 5.10 Å². The van der Waals surface area contributed by atoms with E-state index in [1.165, 1.54) is 0 Å². The van der Waals surface area contributed by atoms with Crippen molar-refractivity contribution in [1.82, 2.24) is 10.2 Å². The second-order valence-corrected chi connectivity index (χ2v) is 6.38. The van der Waals surface area contributed by atoms with Crippen LogP contribution in [0.15, 0.2) is 72.8 Å². The molecular weight excluding hydrogens is 350 g/mol. The van der Waals surface area contributed by atoms with E-state index in [1.54, 1.807) is 24.3 Å². The van der Waals surface area contributed by atoms with Crippen molar-refractivity contribution < 1.29 is 9.90 Å². The van der Waals surface area contributed by atoms with Gasteiger partial charge in [-0.15, -0.1) is 0 Å². The van der Waals surface area contributed by atoms with Gasteiger partial charge in [0, 0.05) is 16.6 Å². The highest BCUT2D eigenvalue weighted by atomic mass is 16.3. The van der Waals surface area contributed by atoms with Gasteiger partial charge < -0.3 is 10.4 Å². The van der Waals surface area contributed by atoms with Gasteiger partial charge in [0.1, 0.15) is 0 Å². The Bertz CT molecular complexity index is 1140. The number of hydrogen-bond donors (Lipinski definition) is 3. The molecule has 0 spiro atoms. The zero-order chi connectivity index (χ0) is 19.3. The van der Waals surface area contributed by atoms with Crippen LogP contribution in [-0.2, 0) is 6.61 Å². The van der Waals surface area contributed by atoms with Crippen molar-refractivity contribution in [2.75, 3.05) is 5.32 Å². The summed E-state index contributed by atoms with van der Waals surface area (Å²) in [4.78, 5) is 12.6. The lowest BCUT2D eigenvalue weighted by Crippen LogP contribution is -2.12. The van der Waals surface area contributed by atoms with E-state index < -0.39 is 0 Å². The summed E-state index contributed by atoms with van der Waals surface area (Å²) in [5.74, 6) is -0.199. The molecule has 0 atom stereocenters. The first-order chi connectivity index (χ1) is 13.7. The third kappa shape index (κ3) is 3.70. The van der Waals surface area contributed by atoms with E-state index in [9.17, 15) is 4.79 Å². The fraction of sp³-hybridized carbons (Fsp3) is 0.0435. The molecule has 28 heavy (non-hydrogen) atoms. The third-order valence-electron chi connectivity index (χ3n) is 4.53. The van der Waals surface area contributed by atoms with Gasteiger partial charge in [-0.25, -0.2) is 0 Å². The van der Waals surface area contributed by atoms with Crippen LogP contribution < -0.4 is 5.32 Å². The Kier molecular flexibility index (Phi) is 4.99. The molecule has 5 heteroatoms. The van der Waals surface area contributed by atoms with Crippen LogP contribution in [0.2, 0.25) is 0 Å². The van der Waals surface area contributed by atoms with Crippen LogP contribution in [0, 0.1) is 0 Å². The molecule has 0 saturated carbocycles. The first-order valence-corrected chi connectivity index (χ1v) is 8.96. The average molecular weight is 369 g/mol. The molecule has 138 valence electrons. The molecular formula is C23H19N3O2. The molecule has 3 N–H and O–H groups in total. The van der Waals surface area contributed by atoms with Gasteiger partial charge in [-0.1, -0.05) is 54.6 Å². The first-order valence-electron chi connectivity index (χ1n) is 8.96. The molecule has 0 aliphatic heterocycles. The van der Waals surface area contributed by atoms with Crippen LogP contribution in [0.5, 0.6) is 0 Å². The number of hydrogen-bond acceptors (Lipinski definition) is 3. The SMILES string of the molecule is O=C(Nc1ccccc1C=Cc1n[nH]c2ccccc12)c1ccc(CO)cc1. The van der Waals surface area contributed by atoms with Crippen LogP contribution in [0.4, 0.5) is 5.69 Å². The number of aliphatic hydroxyl groups is 1. The highest BCUT2D eigenvalue weighted by Gasteiger charge is 2.08. The van der Waals surface area contributed by atoms with Crippen molar-refractivity contribution in [3.05, 3.63) is 95.2 Å². The van der Waals surface area contributed by atoms with E-state index in [4.69, 9.17) is 5.11 Å². The van der Waals surface area contributed by atoms with Gasteiger partial charge in [-0.05, 0) is 41.5 Å². The number of H-pyrrole nitrogens is 1. The first kappa shape index (κ1) is 17.7. The third-order valence-corrected chi connectivity index (χ3v) is 4.53. The molecule has 0 radical (unpaired) electrons. The molecule has 4 rings (SSSR count). The molecule has 0 unspecified atom stereocenters. The van der Waals surface area contributed by atoms with Crippen molar-refractivity contribution >= 4 is 34.6 Å². The topological polar surface area (TPSA) is 78.0 Å². The highest BCUT2D eigenvalue weighted by molar-refractivity contribution is 6.05. The summed E-state index contributed by atoms with van der Waals surface area (Å²) in [6, 6.07) is 22.4. The van der Waals surface area contributed by atoms with Crippen LogP contribution in [0.3, 0.4) is 0 Å². The number of para-hydroxylation sites is 2. The largest absolute Gasteiger partial charge is 0.392 e. The van der Waals surface area contributed by atoms with Gasteiger partial charge >= 0.3 is 0 Å². The number of aromatic nitrogens is 2. The van der Waals surface area contributed by atoms with Crippen LogP contribution in [0.1, 0.15) is 27.2 Å². The van der Waals surface area contributed by atoms with Gasteiger partial charge in [0.15, 0.2) is 0 Å². The number of anilines is 1. The minimum Gasteiger partial charge on any atom is -0.392 e. The molecule has 4 aromatic rings. The summed E-state index contributed by atoms with van der Waals surface area (Å²) in [5, 5.41) is 20.5. The van der Waals surface area contributed by atoms with E-state index >= 15 is 0 Å². The molecule has 0 fully saturated rings. The fourth-order valence-electron chi connectivity index (χ4n) is 2.99. The lowest BCUT2D eigenvalue weighted by atomic mass is 10.1. The van der Waals surface area contributed by atoms with Gasteiger partial charge in [0.2, 0.25) is 0 Å². The Labute approximate surface area is 162 Å². The zero-order valence-electron chi connectivity index (χ0n) is 15.1. The van der Waals surface area contributed by atoms with Crippen molar-refractivity contribution in [3.8, 4) is 0 Å². The quantitative estimate of drug-likeness (QED) is 0.485. The van der Waals surface area contributed by atoms with Crippen LogP contribution in [-0.4, -0.2) is 21.2 Å². The maximum Gasteiger partial charge on any atom is 0.255 e. The summed E-state index contributed by atoms with van der Waals surface area (Å²) >= 11 is 0. The molecule has 0 aliphatic carbocycles. The Morgan fingerprint density at radius 3 is 2.54 bits per heavy atom. The maximum absolute atomic E-state index is 12.6. The predicted octanol–water partition coefficient (Wildman–Crippen LogP) is 4.48. The van der Waals surface area contributed by atoms with E-state index in [2.05, 4.69) is 15.5 Å². The molecule has 0 saturated heterocycles. The van der Waals surface area contributed by atoms with Crippen LogP contribution >= 0.6 is 0 Å². The number of carbonyl (C=O) groups is 1. The van der Waals surface area contributed by atoms with E-state index in [1.807, 2.05) is 60.7 Å². The number of amides is 1. The Balaban J connectivity index is 1.57. The smallest absolute Gasteiger partial charge is 0.255 e. The van der Waals surface area contributed by atoms with Gasteiger partial charge in [0.05, 0.1) is 17.8 Å². The average Bonchev–Trinajstić information content (AvgIpc) is 3.16. The number of aliphatic hydroxyl groups excluding tert-OH is 1. The van der Waals surface area contributed by atoms with E-state index in [0.29, 0.717) is 5.56 Å². The standard InChI is InChI=1S/C23H19N3O2/c27-15-16-9-11-18(12-10-16)23(28)24-20-7-3-1-5-17(20)13-14-22-19-6-2-4-8-21(19)25-26-22/h1-14,27H,15H2,(H,24,28)(H,25,26). The molecule has 0 bridgehead atoms. The number of benzene rings is 3. The lowest BCUT2D eigenvalue weighted by Gasteiger charge is -2.09. The van der Waals surface area contributed by atoms with E-state index in [-0.39, 0.29) is 12.5 Å². The highest BCUT2D eigenvalue weighted by Crippen LogP contribution is 2.21. The minimum atomic E-state index is -0.199. The fourth-order valence-corrected chi connectivity index (χ4v) is 2.99. The number of nitrogens with one attached hydrogen (secondary N) is 2. The number of rotatable bonds is 5. The van der Waals surface area contributed by atoms with Crippen molar-refractivity contribution in [2.45, 2.75) is 6.61 Å². The summed E-state index contributed by atoms with van der Waals surface area (Å²) < 4.78 is 0. The molecule has 1 amide bonds. The number of nitrogens with zero attached hydrogens (tertiary/aromatic N) is 1. The molecule has 5 nitrogen and oxygen atoms in total. The van der Waals surface area contributed by atoms with Gasteiger partial charge in [0.25, 0.3) is 5.91 Å². The molecule has 3 aromatic carbocycles. The zero-order valence-corrected chi connectivity index (χ0v) is 15.1. The second-order valence-electron chi connectivity index (χ2n) is 6.38. The molecule has 1 aromatic heterocycles. The van der Waals surface area contributed by atoms with Crippen molar-refractivity contribution in [3.63, 3.8) is 0 Å². The monoisotopic (exact) mass is 369 g/mol. The predicted molar refractivity (Wildman–Crippen MR) is 112 cm³/mol. The summed E-state index contributed by atoms with van der Waals surface area (Å²) in [6.07, 6.45) is 3.87. The van der Waals surface area contributed by atoms with Crippen LogP contribution in [0.25, 0.3) is 23.1 Å². The Hall–Kier alpha value is -3.70. The maximum atomic E-state index is 12.6. The molecule has 0 aliphatic rings. The minimum absolute atomic E-state index is 0.0442. The Morgan fingerprint density at radius 1 is 0.964 bits per heavy atom. The molecule has 1 heterocycles. The second kappa shape index (κ2) is 7.90. The Morgan fingerprint density at radius 2 is 1.71 bits per heavy atom.